The van der Waals surface area contributed by atoms with Crippen molar-refractivity contribution in [3.63, 3.8) is 0 Å². The normalized spacial score (nSPS) is 8.32. The molecule has 0 bridgehead atoms. The Hall–Kier alpha value is -1.30. The van der Waals surface area contributed by atoms with Crippen LogP contribution in [0.1, 0.15) is 34.1 Å². The fourth-order valence-electron chi connectivity index (χ4n) is 1.23. The van der Waals surface area contributed by atoms with E-state index in [0.29, 0.717) is 5.46 Å². The molecule has 122 valence electrons. The summed E-state index contributed by atoms with van der Waals surface area (Å²) in [5.41, 5.74) is 1.42. The number of aromatic amines is 1. The molecular weight excluding hydrogens is 341 g/mol. The van der Waals surface area contributed by atoms with Crippen LogP contribution in [-0.2, 0) is 0 Å². The number of nitrogens with one attached hydrogen (secondary N) is 1. The highest BCUT2D eigenvalue weighted by Crippen LogP contribution is 2.08. The fourth-order valence-corrected chi connectivity index (χ4v) is 1.23. The van der Waals surface area contributed by atoms with Gasteiger partial charge in [0, 0.05) is 16.2 Å². The Kier molecular flexibility index (Phi) is 15.3. The van der Waals surface area contributed by atoms with Crippen LogP contribution in [-0.4, -0.2) is 22.2 Å². The summed E-state index contributed by atoms with van der Waals surface area (Å²) in [6.45, 7) is 15.1. The van der Waals surface area contributed by atoms with E-state index in [1.54, 1.807) is 18.2 Å². The van der Waals surface area contributed by atoms with E-state index in [9.17, 15) is 0 Å². The van der Waals surface area contributed by atoms with Crippen molar-refractivity contribution in [2.24, 2.45) is 0 Å². The topological polar surface area (TPSA) is 56.2 Å². The molecule has 0 atom stereocenters. The van der Waals surface area contributed by atoms with Crippen LogP contribution in [0.25, 0.3) is 10.9 Å². The van der Waals surface area contributed by atoms with Crippen molar-refractivity contribution in [1.29, 1.82) is 0 Å². The number of allylic oxidation sites excluding steroid dienone is 2. The number of H-pyrrole nitrogens is 1. The summed E-state index contributed by atoms with van der Waals surface area (Å²) in [6.07, 6.45) is 4.71. The molecule has 0 unspecified atom stereocenters. The van der Waals surface area contributed by atoms with Crippen LogP contribution >= 0.6 is 15.9 Å². The Labute approximate surface area is 143 Å². The Bertz CT molecular complexity index is 538. The Balaban J connectivity index is 0. The van der Waals surface area contributed by atoms with Crippen molar-refractivity contribution >= 4 is 39.4 Å². The molecule has 3 N–H and O–H groups in total. The standard InChI is InChI=1S/C8H8BNO2.C4H5Br.C3H8.C2H6/c11-9(12)7-2-1-6-3-4-10-8(6)5-7;1-3-4(2)5;1-3-2;1-2/h1-5,10-12H;3H,1-2H2;3H2,1-2H3;1-2H3. The van der Waals surface area contributed by atoms with Crippen LogP contribution in [0.15, 0.2) is 54.2 Å². The molecule has 0 amide bonds. The van der Waals surface area contributed by atoms with Gasteiger partial charge >= 0.3 is 7.12 Å². The third-order valence-corrected chi connectivity index (χ3v) is 2.42. The number of hydrogen-bond donors (Lipinski definition) is 3. The predicted molar refractivity (Wildman–Crippen MR) is 104 cm³/mol. The van der Waals surface area contributed by atoms with E-state index in [4.69, 9.17) is 10.0 Å². The molecule has 1 heterocycles. The fraction of sp³-hybridized carbons (Fsp3) is 0.294. The highest BCUT2D eigenvalue weighted by molar-refractivity contribution is 9.11. The third-order valence-electron chi connectivity index (χ3n) is 2.10. The molecule has 0 aliphatic heterocycles. The lowest BCUT2D eigenvalue weighted by Crippen LogP contribution is -2.29. The minimum absolute atomic E-state index is 0.505. The van der Waals surface area contributed by atoms with Gasteiger partial charge in [-0.2, -0.15) is 0 Å². The van der Waals surface area contributed by atoms with Crippen LogP contribution in [0.2, 0.25) is 0 Å². The lowest BCUT2D eigenvalue weighted by atomic mass is 9.80. The maximum Gasteiger partial charge on any atom is 0.488 e. The van der Waals surface area contributed by atoms with Crippen LogP contribution in [0.5, 0.6) is 0 Å². The molecule has 0 fully saturated rings. The minimum Gasteiger partial charge on any atom is -0.423 e. The maximum atomic E-state index is 8.86. The van der Waals surface area contributed by atoms with E-state index in [1.165, 1.54) is 6.42 Å². The summed E-state index contributed by atoms with van der Waals surface area (Å²) >= 11 is 3.06. The monoisotopic (exact) mass is 367 g/mol. The van der Waals surface area contributed by atoms with Gasteiger partial charge in [0.05, 0.1) is 0 Å². The first-order valence-electron chi connectivity index (χ1n) is 7.36. The number of rotatable bonds is 2. The molecule has 0 saturated carbocycles. The predicted octanol–water partition coefficient (Wildman–Crippen LogP) is 4.37. The van der Waals surface area contributed by atoms with Gasteiger partial charge in [-0.3, -0.25) is 0 Å². The van der Waals surface area contributed by atoms with Gasteiger partial charge in [-0.25, -0.2) is 0 Å². The van der Waals surface area contributed by atoms with Crippen molar-refractivity contribution in [2.75, 3.05) is 0 Å². The number of hydrogen-bond acceptors (Lipinski definition) is 2. The Morgan fingerprint density at radius 3 is 2.18 bits per heavy atom. The zero-order valence-electron chi connectivity index (χ0n) is 13.9. The smallest absolute Gasteiger partial charge is 0.423 e. The van der Waals surface area contributed by atoms with Crippen LogP contribution in [0.4, 0.5) is 0 Å². The van der Waals surface area contributed by atoms with Crippen molar-refractivity contribution < 1.29 is 10.0 Å². The zero-order valence-corrected chi connectivity index (χ0v) is 15.5. The molecule has 0 spiro atoms. The third kappa shape index (κ3) is 10.4. The Morgan fingerprint density at radius 1 is 1.27 bits per heavy atom. The second kappa shape index (κ2) is 14.6. The van der Waals surface area contributed by atoms with Gasteiger partial charge in [-0.15, -0.1) is 0 Å². The second-order valence-electron chi connectivity index (χ2n) is 4.06. The first-order chi connectivity index (χ1) is 10.5. The van der Waals surface area contributed by atoms with E-state index >= 15 is 0 Å². The lowest BCUT2D eigenvalue weighted by molar-refractivity contribution is 0.426. The molecule has 5 heteroatoms. The lowest BCUT2D eigenvalue weighted by Gasteiger charge is -1.97. The van der Waals surface area contributed by atoms with E-state index in [2.05, 4.69) is 47.9 Å². The minimum atomic E-state index is -1.39. The van der Waals surface area contributed by atoms with Gasteiger partial charge in [0.15, 0.2) is 0 Å². The summed E-state index contributed by atoms with van der Waals surface area (Å²) in [6, 6.07) is 7.20. The highest BCUT2D eigenvalue weighted by Gasteiger charge is 2.10. The van der Waals surface area contributed by atoms with Gasteiger partial charge < -0.3 is 15.0 Å². The van der Waals surface area contributed by atoms with E-state index < -0.39 is 7.12 Å². The van der Waals surface area contributed by atoms with Gasteiger partial charge in [0.25, 0.3) is 0 Å². The van der Waals surface area contributed by atoms with Crippen molar-refractivity contribution in [3.05, 3.63) is 54.2 Å². The second-order valence-corrected chi connectivity index (χ2v) is 5.07. The van der Waals surface area contributed by atoms with Gasteiger partial charge in [-0.05, 0) is 23.0 Å². The summed E-state index contributed by atoms with van der Waals surface area (Å²) in [5.74, 6) is 0. The molecule has 0 radical (unpaired) electrons. The molecule has 0 aliphatic carbocycles. The van der Waals surface area contributed by atoms with Crippen molar-refractivity contribution in [2.45, 2.75) is 34.1 Å². The van der Waals surface area contributed by atoms with E-state index in [0.717, 1.165) is 15.4 Å². The van der Waals surface area contributed by atoms with Gasteiger partial charge in [0.2, 0.25) is 0 Å². The van der Waals surface area contributed by atoms with Crippen molar-refractivity contribution in [1.82, 2.24) is 4.98 Å². The molecule has 22 heavy (non-hydrogen) atoms. The zero-order chi connectivity index (χ0) is 17.5. The molecule has 1 aromatic heterocycles. The SMILES string of the molecule is C=CC(=C)Br.CC.CCC.OB(O)c1ccc2cc[nH]c2c1. The molecule has 0 saturated heterocycles. The quantitative estimate of drug-likeness (QED) is 0.545. The first-order valence-corrected chi connectivity index (χ1v) is 8.15. The van der Waals surface area contributed by atoms with Crippen LogP contribution < -0.4 is 5.46 Å². The molecule has 2 aromatic rings. The van der Waals surface area contributed by atoms with Gasteiger partial charge in [-0.1, -0.05) is 81.4 Å². The molecule has 2 rings (SSSR count). The van der Waals surface area contributed by atoms with Crippen molar-refractivity contribution in [3.8, 4) is 0 Å². The highest BCUT2D eigenvalue weighted by atomic mass is 79.9. The average Bonchev–Trinajstić information content (AvgIpc) is 2.98. The summed E-state index contributed by atoms with van der Waals surface area (Å²) < 4.78 is 0.831. The number of benzene rings is 1. The number of aromatic nitrogens is 1. The summed E-state index contributed by atoms with van der Waals surface area (Å²) in [4.78, 5) is 2.99. The van der Waals surface area contributed by atoms with E-state index in [1.807, 2.05) is 32.2 Å². The molecule has 3 nitrogen and oxygen atoms in total. The van der Waals surface area contributed by atoms with E-state index in [-0.39, 0.29) is 0 Å². The van der Waals surface area contributed by atoms with Crippen LogP contribution in [0.3, 0.4) is 0 Å². The molecule has 1 aromatic carbocycles. The average molecular weight is 368 g/mol. The maximum absolute atomic E-state index is 8.86. The largest absolute Gasteiger partial charge is 0.488 e. The molecular formula is C17H27BBrNO2. The number of halogens is 1. The van der Waals surface area contributed by atoms with Gasteiger partial charge in [0.1, 0.15) is 0 Å². The first kappa shape index (κ1) is 23.0. The number of fused-ring (bicyclic) bond motifs is 1. The molecule has 0 aliphatic rings. The summed E-state index contributed by atoms with van der Waals surface area (Å²) in [7, 11) is -1.39. The Morgan fingerprint density at radius 2 is 1.77 bits per heavy atom. The van der Waals surface area contributed by atoms with Crippen LogP contribution in [0, 0.1) is 0 Å². The summed E-state index contributed by atoms with van der Waals surface area (Å²) in [5, 5.41) is 18.8.